The van der Waals surface area contributed by atoms with E-state index in [4.69, 9.17) is 5.73 Å². The summed E-state index contributed by atoms with van der Waals surface area (Å²) in [4.78, 5) is 6.94. The van der Waals surface area contributed by atoms with Gasteiger partial charge in [0.05, 0.1) is 17.8 Å². The Morgan fingerprint density at radius 3 is 2.79 bits per heavy atom. The molecule has 0 atom stereocenters. The molecule has 102 valence electrons. The minimum absolute atomic E-state index is 0.181. The van der Waals surface area contributed by atoms with Gasteiger partial charge >= 0.3 is 0 Å². The summed E-state index contributed by atoms with van der Waals surface area (Å²) in [6.07, 6.45) is 3.08. The number of aromatic amines is 1. The lowest BCUT2D eigenvalue weighted by Crippen LogP contribution is -2.24. The van der Waals surface area contributed by atoms with Crippen LogP contribution < -0.4 is 10.5 Å². The highest BCUT2D eigenvalue weighted by Crippen LogP contribution is 2.16. The molecule has 0 spiro atoms. The van der Waals surface area contributed by atoms with Gasteiger partial charge in [0, 0.05) is 18.4 Å². The van der Waals surface area contributed by atoms with E-state index in [1.807, 2.05) is 0 Å². The Bertz CT molecular complexity index is 650. The van der Waals surface area contributed by atoms with E-state index in [1.54, 1.807) is 31.3 Å². The van der Waals surface area contributed by atoms with Crippen molar-refractivity contribution in [1.82, 2.24) is 14.7 Å². The molecule has 2 rings (SSSR count). The predicted molar refractivity (Wildman–Crippen MR) is 71.7 cm³/mol. The van der Waals surface area contributed by atoms with Gasteiger partial charge in [-0.25, -0.2) is 18.1 Å². The van der Waals surface area contributed by atoms with E-state index in [9.17, 15) is 8.42 Å². The van der Waals surface area contributed by atoms with E-state index >= 15 is 0 Å². The molecule has 7 heteroatoms. The predicted octanol–water partition coefficient (Wildman–Crippen LogP) is 0.655. The molecule has 1 aromatic heterocycles. The van der Waals surface area contributed by atoms with Crippen LogP contribution in [0.15, 0.2) is 35.6 Å². The van der Waals surface area contributed by atoms with Gasteiger partial charge < -0.3 is 10.7 Å². The third kappa shape index (κ3) is 3.19. The highest BCUT2D eigenvalue weighted by molar-refractivity contribution is 7.89. The van der Waals surface area contributed by atoms with Gasteiger partial charge in [0.2, 0.25) is 10.0 Å². The van der Waals surface area contributed by atoms with E-state index in [-0.39, 0.29) is 11.4 Å². The molecule has 0 aliphatic rings. The molecule has 0 aliphatic carbocycles. The zero-order valence-corrected chi connectivity index (χ0v) is 11.4. The van der Waals surface area contributed by atoms with E-state index in [1.165, 1.54) is 6.33 Å². The second-order valence-electron chi connectivity index (χ2n) is 4.21. The summed E-state index contributed by atoms with van der Waals surface area (Å²) in [5.41, 5.74) is 7.82. The van der Waals surface area contributed by atoms with Crippen LogP contribution in [-0.4, -0.2) is 18.4 Å². The molecule has 0 amide bonds. The van der Waals surface area contributed by atoms with Gasteiger partial charge in [-0.3, -0.25) is 0 Å². The number of sulfonamides is 1. The van der Waals surface area contributed by atoms with Gasteiger partial charge in [0.25, 0.3) is 0 Å². The van der Waals surface area contributed by atoms with Crippen LogP contribution in [0, 0.1) is 6.92 Å². The number of H-pyrrole nitrogens is 1. The summed E-state index contributed by atoms with van der Waals surface area (Å²) < 4.78 is 26.9. The molecule has 0 saturated heterocycles. The van der Waals surface area contributed by atoms with Gasteiger partial charge in [0.15, 0.2) is 0 Å². The SMILES string of the molecule is Cc1cc(CN)ccc1S(=O)(=O)NCc1cnc[nH]1. The van der Waals surface area contributed by atoms with Crippen LogP contribution >= 0.6 is 0 Å². The summed E-state index contributed by atoms with van der Waals surface area (Å²) in [7, 11) is -3.53. The second kappa shape index (κ2) is 5.52. The number of benzene rings is 1. The minimum atomic E-state index is -3.53. The molecule has 0 bridgehead atoms. The maximum absolute atomic E-state index is 12.2. The summed E-state index contributed by atoms with van der Waals surface area (Å²) >= 11 is 0. The molecular weight excluding hydrogens is 264 g/mol. The number of aromatic nitrogens is 2. The molecule has 1 aromatic carbocycles. The van der Waals surface area contributed by atoms with Crippen molar-refractivity contribution in [1.29, 1.82) is 0 Å². The zero-order valence-electron chi connectivity index (χ0n) is 10.6. The Labute approximate surface area is 112 Å². The van der Waals surface area contributed by atoms with Crippen LogP contribution in [0.3, 0.4) is 0 Å². The average Bonchev–Trinajstić information content (AvgIpc) is 2.89. The number of hydrogen-bond donors (Lipinski definition) is 3. The maximum Gasteiger partial charge on any atom is 0.241 e. The fourth-order valence-corrected chi connectivity index (χ4v) is 3.00. The van der Waals surface area contributed by atoms with Crippen LogP contribution in [0.5, 0.6) is 0 Å². The monoisotopic (exact) mass is 280 g/mol. The van der Waals surface area contributed by atoms with Crippen molar-refractivity contribution >= 4 is 10.0 Å². The van der Waals surface area contributed by atoms with Crippen LogP contribution in [0.2, 0.25) is 0 Å². The van der Waals surface area contributed by atoms with Crippen LogP contribution in [-0.2, 0) is 23.1 Å². The van der Waals surface area contributed by atoms with E-state index in [0.29, 0.717) is 17.8 Å². The molecule has 0 unspecified atom stereocenters. The largest absolute Gasteiger partial charge is 0.347 e. The van der Waals surface area contributed by atoms with Crippen molar-refractivity contribution in [3.05, 3.63) is 47.5 Å². The number of aryl methyl sites for hydroxylation is 1. The Morgan fingerprint density at radius 2 is 2.21 bits per heavy atom. The Morgan fingerprint density at radius 1 is 1.42 bits per heavy atom. The van der Waals surface area contributed by atoms with Gasteiger partial charge in [-0.15, -0.1) is 0 Å². The summed E-state index contributed by atoms with van der Waals surface area (Å²) in [5, 5.41) is 0. The Hall–Kier alpha value is -1.70. The normalized spacial score (nSPS) is 11.7. The molecule has 6 nitrogen and oxygen atoms in total. The maximum atomic E-state index is 12.2. The van der Waals surface area contributed by atoms with Crippen molar-refractivity contribution in [2.75, 3.05) is 0 Å². The number of nitrogens with two attached hydrogens (primary N) is 1. The first-order valence-electron chi connectivity index (χ1n) is 5.79. The molecule has 0 radical (unpaired) electrons. The average molecular weight is 280 g/mol. The number of hydrogen-bond acceptors (Lipinski definition) is 4. The standard InChI is InChI=1S/C12H16N4O2S/c1-9-4-10(5-13)2-3-12(9)19(17,18)16-7-11-6-14-8-15-11/h2-4,6,8,16H,5,7,13H2,1H3,(H,14,15). The molecule has 4 N–H and O–H groups in total. The zero-order chi connectivity index (χ0) is 13.9. The first-order chi connectivity index (χ1) is 9.03. The summed E-state index contributed by atoms with van der Waals surface area (Å²) in [6.45, 7) is 2.33. The van der Waals surface area contributed by atoms with Crippen molar-refractivity contribution < 1.29 is 8.42 Å². The summed E-state index contributed by atoms with van der Waals surface area (Å²) in [5.74, 6) is 0. The quantitative estimate of drug-likeness (QED) is 0.748. The van der Waals surface area contributed by atoms with Gasteiger partial charge in [0.1, 0.15) is 0 Å². The number of imidazole rings is 1. The molecule has 1 heterocycles. The smallest absolute Gasteiger partial charge is 0.241 e. The minimum Gasteiger partial charge on any atom is -0.347 e. The first-order valence-corrected chi connectivity index (χ1v) is 7.28. The van der Waals surface area contributed by atoms with Crippen LogP contribution in [0.25, 0.3) is 0 Å². The Balaban J connectivity index is 2.19. The van der Waals surface area contributed by atoms with E-state index in [2.05, 4.69) is 14.7 Å². The van der Waals surface area contributed by atoms with Crippen molar-refractivity contribution in [3.8, 4) is 0 Å². The fourth-order valence-electron chi connectivity index (χ4n) is 1.77. The molecule has 19 heavy (non-hydrogen) atoms. The first kappa shape index (κ1) is 13.7. The highest BCUT2D eigenvalue weighted by Gasteiger charge is 2.16. The Kier molecular flexibility index (Phi) is 3.98. The lowest BCUT2D eigenvalue weighted by molar-refractivity contribution is 0.580. The number of rotatable bonds is 5. The topological polar surface area (TPSA) is 101 Å². The third-order valence-corrected chi connectivity index (χ3v) is 4.33. The second-order valence-corrected chi connectivity index (χ2v) is 5.94. The van der Waals surface area contributed by atoms with Crippen molar-refractivity contribution in [3.63, 3.8) is 0 Å². The van der Waals surface area contributed by atoms with Crippen LogP contribution in [0.4, 0.5) is 0 Å². The molecule has 0 saturated carbocycles. The molecule has 0 fully saturated rings. The number of nitrogens with one attached hydrogen (secondary N) is 2. The van der Waals surface area contributed by atoms with E-state index in [0.717, 1.165) is 5.56 Å². The van der Waals surface area contributed by atoms with Gasteiger partial charge in [-0.1, -0.05) is 12.1 Å². The van der Waals surface area contributed by atoms with E-state index < -0.39 is 10.0 Å². The van der Waals surface area contributed by atoms with Crippen molar-refractivity contribution in [2.45, 2.75) is 24.9 Å². The number of nitrogens with zero attached hydrogens (tertiary/aromatic N) is 1. The van der Waals surface area contributed by atoms with Gasteiger partial charge in [-0.2, -0.15) is 0 Å². The van der Waals surface area contributed by atoms with Crippen LogP contribution in [0.1, 0.15) is 16.8 Å². The highest BCUT2D eigenvalue weighted by atomic mass is 32.2. The molecular formula is C12H16N4O2S. The lowest BCUT2D eigenvalue weighted by Gasteiger charge is -2.09. The lowest BCUT2D eigenvalue weighted by atomic mass is 10.1. The fraction of sp³-hybridized carbons (Fsp3) is 0.250. The third-order valence-electron chi connectivity index (χ3n) is 2.77. The summed E-state index contributed by atoms with van der Waals surface area (Å²) in [6, 6.07) is 5.08. The van der Waals surface area contributed by atoms with Gasteiger partial charge in [-0.05, 0) is 24.1 Å². The molecule has 2 aromatic rings. The van der Waals surface area contributed by atoms with Crippen molar-refractivity contribution in [2.24, 2.45) is 5.73 Å². The molecule has 0 aliphatic heterocycles.